The van der Waals surface area contributed by atoms with Crippen molar-refractivity contribution < 1.29 is 9.53 Å². The van der Waals surface area contributed by atoms with Crippen molar-refractivity contribution in [2.24, 2.45) is 0 Å². The van der Waals surface area contributed by atoms with Crippen molar-refractivity contribution in [3.8, 4) is 16.3 Å². The number of hydrogen-bond donors (Lipinski definition) is 2. The number of hydrogen-bond acceptors (Lipinski definition) is 5. The Morgan fingerprint density at radius 3 is 2.87 bits per heavy atom. The Bertz CT molecular complexity index is 682. The first kappa shape index (κ1) is 16.0. The van der Waals surface area contributed by atoms with E-state index < -0.39 is 0 Å². The van der Waals surface area contributed by atoms with E-state index in [2.05, 4.69) is 10.6 Å². The van der Waals surface area contributed by atoms with Gasteiger partial charge >= 0.3 is 0 Å². The summed E-state index contributed by atoms with van der Waals surface area (Å²) in [6.45, 7) is 0.343. The number of thiazole rings is 1. The van der Waals surface area contributed by atoms with Crippen molar-refractivity contribution in [2.45, 2.75) is 25.3 Å². The fraction of sp³-hybridized carbons (Fsp3) is 0.412. The highest BCUT2D eigenvalue weighted by atomic mass is 32.1. The minimum absolute atomic E-state index is 0.0322. The quantitative estimate of drug-likeness (QED) is 0.884. The molecule has 122 valence electrons. The Morgan fingerprint density at radius 1 is 1.39 bits per heavy atom. The zero-order valence-electron chi connectivity index (χ0n) is 13.4. The Morgan fingerprint density at radius 2 is 2.17 bits per heavy atom. The molecular formula is C17H21N3O2S. The molecule has 0 saturated heterocycles. The van der Waals surface area contributed by atoms with Gasteiger partial charge < -0.3 is 15.4 Å². The minimum Gasteiger partial charge on any atom is -0.497 e. The normalized spacial score (nSPS) is 16.7. The average molecular weight is 331 g/mol. The molecule has 1 aliphatic carbocycles. The molecular weight excluding hydrogens is 310 g/mol. The number of nitrogens with one attached hydrogen (secondary N) is 2. The van der Waals surface area contributed by atoms with Crippen molar-refractivity contribution in [3.05, 3.63) is 34.8 Å². The number of aromatic nitrogens is 1. The molecule has 1 unspecified atom stereocenters. The van der Waals surface area contributed by atoms with Crippen LogP contribution in [-0.4, -0.2) is 31.6 Å². The van der Waals surface area contributed by atoms with Gasteiger partial charge in [-0.2, -0.15) is 0 Å². The number of nitrogens with zero attached hydrogens (tertiary/aromatic N) is 1. The van der Waals surface area contributed by atoms with E-state index in [1.807, 2.05) is 24.3 Å². The van der Waals surface area contributed by atoms with Gasteiger partial charge in [-0.05, 0) is 50.6 Å². The number of fused-ring (bicyclic) bond motifs is 1. The summed E-state index contributed by atoms with van der Waals surface area (Å²) in [6.07, 6.45) is 3.02. The molecule has 2 N–H and O–H groups in total. The molecule has 0 aliphatic heterocycles. The monoisotopic (exact) mass is 331 g/mol. The van der Waals surface area contributed by atoms with Crippen LogP contribution in [0.2, 0.25) is 0 Å². The van der Waals surface area contributed by atoms with E-state index in [4.69, 9.17) is 9.72 Å². The number of carbonyl (C=O) groups is 1. The molecule has 1 aromatic carbocycles. The third-order valence-electron chi connectivity index (χ3n) is 3.96. The second kappa shape index (κ2) is 7.10. The van der Waals surface area contributed by atoms with Crippen LogP contribution in [0.25, 0.3) is 10.6 Å². The number of ether oxygens (including phenoxy) is 1. The van der Waals surface area contributed by atoms with E-state index in [0.29, 0.717) is 6.54 Å². The van der Waals surface area contributed by atoms with Crippen LogP contribution in [0.3, 0.4) is 0 Å². The van der Waals surface area contributed by atoms with Gasteiger partial charge in [-0.15, -0.1) is 11.3 Å². The summed E-state index contributed by atoms with van der Waals surface area (Å²) in [5, 5.41) is 7.00. The van der Waals surface area contributed by atoms with Crippen molar-refractivity contribution >= 4 is 17.2 Å². The topological polar surface area (TPSA) is 63.2 Å². The maximum absolute atomic E-state index is 11.9. The summed E-state index contributed by atoms with van der Waals surface area (Å²) in [5.74, 6) is 0.872. The summed E-state index contributed by atoms with van der Waals surface area (Å²) in [6, 6.07) is 8.03. The lowest BCUT2D eigenvalue weighted by atomic mass is 9.98. The molecule has 5 nitrogen and oxygen atoms in total. The highest BCUT2D eigenvalue weighted by molar-refractivity contribution is 7.15. The number of likely N-dealkylation sites (N-methyl/N-ethyl adjacent to an activating group) is 1. The first-order chi connectivity index (χ1) is 11.2. The Hall–Kier alpha value is -1.92. The van der Waals surface area contributed by atoms with Gasteiger partial charge in [0.05, 0.1) is 30.3 Å². The van der Waals surface area contributed by atoms with Gasteiger partial charge in [0.15, 0.2) is 0 Å². The number of carbonyl (C=O) groups excluding carboxylic acids is 1. The number of aryl methyl sites for hydroxylation is 1. The molecule has 1 amide bonds. The summed E-state index contributed by atoms with van der Waals surface area (Å²) < 4.78 is 5.20. The first-order valence-electron chi connectivity index (χ1n) is 7.79. The second-order valence-electron chi connectivity index (χ2n) is 5.60. The molecule has 6 heteroatoms. The van der Waals surface area contributed by atoms with Crippen molar-refractivity contribution in [1.29, 1.82) is 0 Å². The van der Waals surface area contributed by atoms with Gasteiger partial charge in [-0.3, -0.25) is 4.79 Å². The van der Waals surface area contributed by atoms with Crippen molar-refractivity contribution in [2.75, 3.05) is 20.7 Å². The Labute approximate surface area is 140 Å². The number of methoxy groups -OCH3 is 1. The maximum Gasteiger partial charge on any atom is 0.234 e. The molecule has 1 atom stereocenters. The van der Waals surface area contributed by atoms with E-state index in [1.165, 1.54) is 4.88 Å². The lowest BCUT2D eigenvalue weighted by Crippen LogP contribution is -2.36. The molecule has 23 heavy (non-hydrogen) atoms. The Kier molecular flexibility index (Phi) is 4.93. The van der Waals surface area contributed by atoms with Crippen LogP contribution in [0.4, 0.5) is 0 Å². The summed E-state index contributed by atoms with van der Waals surface area (Å²) in [4.78, 5) is 17.9. The fourth-order valence-corrected chi connectivity index (χ4v) is 4.02. The maximum atomic E-state index is 11.9. The van der Waals surface area contributed by atoms with E-state index >= 15 is 0 Å². The number of rotatable bonds is 5. The molecule has 1 aromatic heterocycles. The zero-order chi connectivity index (χ0) is 16.2. The zero-order valence-corrected chi connectivity index (χ0v) is 14.2. The van der Waals surface area contributed by atoms with Crippen LogP contribution in [0.1, 0.15) is 29.5 Å². The summed E-state index contributed by atoms with van der Waals surface area (Å²) in [5.41, 5.74) is 2.22. The first-order valence-corrected chi connectivity index (χ1v) is 8.61. The van der Waals surface area contributed by atoms with Gasteiger partial charge in [0.2, 0.25) is 5.91 Å². The molecule has 0 bridgehead atoms. The van der Waals surface area contributed by atoms with Crippen LogP contribution in [0.15, 0.2) is 24.3 Å². The standard InChI is InChI=1S/C17H21N3O2S/c1-18-10-15(21)19-13-4-3-5-14-16(13)23-17(20-14)11-6-8-12(22-2)9-7-11/h6-9,13,18H,3-5,10H2,1-2H3,(H,19,21). The fourth-order valence-electron chi connectivity index (χ4n) is 2.82. The van der Waals surface area contributed by atoms with E-state index in [0.717, 1.165) is 41.3 Å². The van der Waals surface area contributed by atoms with E-state index in [1.54, 1.807) is 25.5 Å². The lowest BCUT2D eigenvalue weighted by Gasteiger charge is -2.22. The summed E-state index contributed by atoms with van der Waals surface area (Å²) in [7, 11) is 3.44. The largest absolute Gasteiger partial charge is 0.497 e. The average Bonchev–Trinajstić information content (AvgIpc) is 3.00. The molecule has 3 rings (SSSR count). The van der Waals surface area contributed by atoms with E-state index in [9.17, 15) is 4.79 Å². The molecule has 0 radical (unpaired) electrons. The van der Waals surface area contributed by atoms with Crippen LogP contribution >= 0.6 is 11.3 Å². The number of benzene rings is 1. The van der Waals surface area contributed by atoms with E-state index in [-0.39, 0.29) is 11.9 Å². The second-order valence-corrected chi connectivity index (χ2v) is 6.63. The van der Waals surface area contributed by atoms with Gasteiger partial charge in [0, 0.05) is 5.56 Å². The highest BCUT2D eigenvalue weighted by Gasteiger charge is 2.26. The third kappa shape index (κ3) is 3.54. The van der Waals surface area contributed by atoms with Gasteiger partial charge in [-0.25, -0.2) is 4.98 Å². The molecule has 0 saturated carbocycles. The molecule has 2 aromatic rings. The van der Waals surface area contributed by atoms with Crippen LogP contribution in [-0.2, 0) is 11.2 Å². The third-order valence-corrected chi connectivity index (χ3v) is 5.22. The SMILES string of the molecule is CNCC(=O)NC1CCCc2nc(-c3ccc(OC)cc3)sc21. The predicted molar refractivity (Wildman–Crippen MR) is 91.9 cm³/mol. The predicted octanol–water partition coefficient (Wildman–Crippen LogP) is 2.53. The highest BCUT2D eigenvalue weighted by Crippen LogP contribution is 2.38. The molecule has 0 fully saturated rings. The molecule has 1 aliphatic rings. The van der Waals surface area contributed by atoms with Gasteiger partial charge in [-0.1, -0.05) is 0 Å². The molecule has 1 heterocycles. The summed E-state index contributed by atoms with van der Waals surface area (Å²) >= 11 is 1.68. The van der Waals surface area contributed by atoms with Crippen molar-refractivity contribution in [1.82, 2.24) is 15.6 Å². The van der Waals surface area contributed by atoms with Crippen LogP contribution in [0, 0.1) is 0 Å². The molecule has 0 spiro atoms. The van der Waals surface area contributed by atoms with Crippen LogP contribution < -0.4 is 15.4 Å². The van der Waals surface area contributed by atoms with Gasteiger partial charge in [0.25, 0.3) is 0 Å². The van der Waals surface area contributed by atoms with Crippen molar-refractivity contribution in [3.63, 3.8) is 0 Å². The number of amides is 1. The van der Waals surface area contributed by atoms with Crippen LogP contribution in [0.5, 0.6) is 5.75 Å². The smallest absolute Gasteiger partial charge is 0.234 e. The van der Waals surface area contributed by atoms with Gasteiger partial charge in [0.1, 0.15) is 10.8 Å². The minimum atomic E-state index is 0.0322. The Balaban J connectivity index is 1.83. The lowest BCUT2D eigenvalue weighted by molar-refractivity contribution is -0.121.